The maximum absolute atomic E-state index is 14.8. The summed E-state index contributed by atoms with van der Waals surface area (Å²) in [4.78, 5) is 42.6. The van der Waals surface area contributed by atoms with Crippen LogP contribution in [0.25, 0.3) is 22.3 Å². The molecular formula is C26H24FN3O5. The van der Waals surface area contributed by atoms with Crippen molar-refractivity contribution < 1.29 is 23.8 Å². The normalized spacial score (nSPS) is 21.9. The second-order valence-electron chi connectivity index (χ2n) is 9.72. The summed E-state index contributed by atoms with van der Waals surface area (Å²) in [5, 5.41) is 11.9. The van der Waals surface area contributed by atoms with Gasteiger partial charge in [-0.3, -0.25) is 9.59 Å². The van der Waals surface area contributed by atoms with E-state index < -0.39 is 17.5 Å². The fourth-order valence-electron chi connectivity index (χ4n) is 6.10. The number of cyclic esters (lactones) is 1. The fraction of sp³-hybridized carbons (Fsp3) is 0.385. The molecule has 3 aromatic rings. The van der Waals surface area contributed by atoms with Crippen LogP contribution < -0.4 is 11.3 Å². The lowest BCUT2D eigenvalue weighted by atomic mass is 9.77. The van der Waals surface area contributed by atoms with Crippen molar-refractivity contribution in [3.8, 4) is 11.4 Å². The first-order chi connectivity index (χ1) is 16.7. The number of carbonyl (C=O) groups excluding carboxylic acids is 2. The molecule has 0 radical (unpaired) electrons. The van der Waals surface area contributed by atoms with E-state index in [0.717, 1.165) is 22.1 Å². The third-order valence-electron chi connectivity index (χ3n) is 7.95. The molecule has 9 heteroatoms. The van der Waals surface area contributed by atoms with Crippen molar-refractivity contribution in [2.45, 2.75) is 64.2 Å². The number of fused-ring (bicyclic) bond motifs is 5. The van der Waals surface area contributed by atoms with Crippen molar-refractivity contribution in [2.75, 3.05) is 0 Å². The Morgan fingerprint density at radius 2 is 2.09 bits per heavy atom. The van der Waals surface area contributed by atoms with Crippen LogP contribution in [-0.4, -0.2) is 26.5 Å². The molecule has 3 N–H and O–H groups in total. The smallest absolute Gasteiger partial charge is 0.343 e. The highest BCUT2D eigenvalue weighted by Gasteiger charge is 2.46. The largest absolute Gasteiger partial charge is 0.458 e. The number of pyridine rings is 2. The summed E-state index contributed by atoms with van der Waals surface area (Å²) in [6.07, 6.45) is 1.42. The van der Waals surface area contributed by atoms with Gasteiger partial charge < -0.3 is 20.1 Å². The van der Waals surface area contributed by atoms with Crippen molar-refractivity contribution in [3.63, 3.8) is 0 Å². The summed E-state index contributed by atoms with van der Waals surface area (Å²) in [5.41, 5.74) is 8.25. The number of rotatable bonds is 3. The van der Waals surface area contributed by atoms with E-state index in [-0.39, 0.29) is 54.4 Å². The molecule has 0 fully saturated rings. The Bertz CT molecular complexity index is 1560. The second-order valence-corrected chi connectivity index (χ2v) is 9.72. The van der Waals surface area contributed by atoms with Crippen molar-refractivity contribution in [1.82, 2.24) is 9.55 Å². The maximum Gasteiger partial charge on any atom is 0.343 e. The molecule has 4 heterocycles. The first-order valence-electron chi connectivity index (χ1n) is 11.8. The average Bonchev–Trinajstić information content (AvgIpc) is 3.19. The minimum absolute atomic E-state index is 0.0412. The number of carbonyl (C=O) groups is 2. The number of halogens is 1. The van der Waals surface area contributed by atoms with Crippen molar-refractivity contribution in [3.05, 3.63) is 61.7 Å². The Morgan fingerprint density at radius 3 is 2.80 bits per heavy atom. The number of esters is 1. The van der Waals surface area contributed by atoms with Gasteiger partial charge in [0, 0.05) is 29.0 Å². The summed E-state index contributed by atoms with van der Waals surface area (Å²) in [5.74, 6) is -1.76. The van der Waals surface area contributed by atoms with Gasteiger partial charge in [-0.1, -0.05) is 6.92 Å². The number of hydrogen-bond donors (Lipinski definition) is 2. The summed E-state index contributed by atoms with van der Waals surface area (Å²) < 4.78 is 21.5. The number of hydrogen-bond acceptors (Lipinski definition) is 6. The van der Waals surface area contributed by atoms with Crippen LogP contribution in [0.15, 0.2) is 16.9 Å². The summed E-state index contributed by atoms with van der Waals surface area (Å²) in [6.45, 7) is 3.39. The van der Waals surface area contributed by atoms with Crippen LogP contribution in [0, 0.1) is 12.7 Å². The minimum Gasteiger partial charge on any atom is -0.458 e. The van der Waals surface area contributed by atoms with Crippen LogP contribution in [0.3, 0.4) is 0 Å². The number of aromatic nitrogens is 2. The Balaban J connectivity index is 1.68. The van der Waals surface area contributed by atoms with Gasteiger partial charge in [-0.25, -0.2) is 14.2 Å². The van der Waals surface area contributed by atoms with Gasteiger partial charge in [-0.2, -0.15) is 0 Å². The molecule has 6 rings (SSSR count). The number of amides is 1. The van der Waals surface area contributed by atoms with Crippen molar-refractivity contribution >= 4 is 22.8 Å². The first-order valence-corrected chi connectivity index (χ1v) is 11.8. The Labute approximate surface area is 199 Å². The van der Waals surface area contributed by atoms with Gasteiger partial charge in [0.25, 0.3) is 5.56 Å². The molecule has 1 aromatic carbocycles. The van der Waals surface area contributed by atoms with Gasteiger partial charge in [-0.05, 0) is 54.9 Å². The van der Waals surface area contributed by atoms with E-state index in [1.165, 1.54) is 6.07 Å². The van der Waals surface area contributed by atoms with Crippen molar-refractivity contribution in [2.24, 2.45) is 5.73 Å². The summed E-state index contributed by atoms with van der Waals surface area (Å²) in [6, 6.07) is 3.03. The zero-order chi connectivity index (χ0) is 24.8. The SMILES string of the molecule is CC[C@@]1(O)C(=O)OCc2c1cc1n(c2=O)Cc2c-1nc1cc(F)c(C)c3c1c2[C@H](CC(N)=O)CC3. The van der Waals surface area contributed by atoms with Gasteiger partial charge in [0.2, 0.25) is 5.91 Å². The molecule has 0 bridgehead atoms. The van der Waals surface area contributed by atoms with E-state index >= 15 is 0 Å². The van der Waals surface area contributed by atoms with E-state index in [1.807, 2.05) is 0 Å². The third-order valence-corrected chi connectivity index (χ3v) is 7.95. The predicted octanol–water partition coefficient (Wildman–Crippen LogP) is 2.43. The van der Waals surface area contributed by atoms with Crippen molar-refractivity contribution in [1.29, 1.82) is 0 Å². The molecule has 1 amide bonds. The molecule has 180 valence electrons. The molecule has 1 aliphatic carbocycles. The molecule has 35 heavy (non-hydrogen) atoms. The van der Waals surface area contributed by atoms with Gasteiger partial charge in [0.1, 0.15) is 12.4 Å². The monoisotopic (exact) mass is 477 g/mol. The van der Waals surface area contributed by atoms with E-state index in [4.69, 9.17) is 15.5 Å². The van der Waals surface area contributed by atoms with E-state index in [9.17, 15) is 23.9 Å². The van der Waals surface area contributed by atoms with Crippen LogP contribution in [0.2, 0.25) is 0 Å². The molecular weight excluding hydrogens is 453 g/mol. The molecule has 0 saturated heterocycles. The second kappa shape index (κ2) is 7.21. The summed E-state index contributed by atoms with van der Waals surface area (Å²) >= 11 is 0. The van der Waals surface area contributed by atoms with E-state index in [2.05, 4.69) is 0 Å². The fourth-order valence-corrected chi connectivity index (χ4v) is 6.10. The van der Waals surface area contributed by atoms with E-state index in [1.54, 1.807) is 24.5 Å². The molecule has 8 nitrogen and oxygen atoms in total. The van der Waals surface area contributed by atoms with Crippen LogP contribution in [0.4, 0.5) is 4.39 Å². The molecule has 0 spiro atoms. The van der Waals surface area contributed by atoms with Crippen LogP contribution in [0.5, 0.6) is 0 Å². The highest BCUT2D eigenvalue weighted by Crippen LogP contribution is 2.47. The van der Waals surface area contributed by atoms with Gasteiger partial charge >= 0.3 is 5.97 Å². The number of nitrogens with zero attached hydrogens (tertiary/aromatic N) is 2. The number of aryl methyl sites for hydroxylation is 1. The zero-order valence-electron chi connectivity index (χ0n) is 19.4. The molecule has 2 atom stereocenters. The Morgan fingerprint density at radius 1 is 1.31 bits per heavy atom. The summed E-state index contributed by atoms with van der Waals surface area (Å²) in [7, 11) is 0. The minimum atomic E-state index is -1.93. The molecule has 2 aromatic heterocycles. The standard InChI is InChI=1S/C26H24FN3O5/c1-3-26(34)16-7-19-23-14(9-30(19)24(32)15(16)10-35-25(26)33)21-12(6-20(28)31)4-5-13-11(2)17(27)8-18(29-23)22(13)21/h7-8,12,34H,3-6,9-10H2,1-2H3,(H2,28,31)/t12-,26-/m0/s1. The molecule has 3 aliphatic rings. The molecule has 0 unspecified atom stereocenters. The molecule has 0 saturated carbocycles. The third kappa shape index (κ3) is 2.81. The lowest BCUT2D eigenvalue weighted by Gasteiger charge is -2.31. The van der Waals surface area contributed by atoms with Crippen LogP contribution in [-0.2, 0) is 39.5 Å². The first kappa shape index (κ1) is 21.9. The number of aliphatic hydroxyl groups is 1. The highest BCUT2D eigenvalue weighted by atomic mass is 19.1. The predicted molar refractivity (Wildman–Crippen MR) is 124 cm³/mol. The Kier molecular flexibility index (Phi) is 4.51. The van der Waals surface area contributed by atoms with Gasteiger partial charge in [0.15, 0.2) is 5.60 Å². The topological polar surface area (TPSA) is 125 Å². The number of benzene rings is 1. The van der Waals surface area contributed by atoms with Gasteiger partial charge in [-0.15, -0.1) is 0 Å². The van der Waals surface area contributed by atoms with Crippen LogP contribution in [0.1, 0.15) is 65.5 Å². The average molecular weight is 477 g/mol. The van der Waals surface area contributed by atoms with Gasteiger partial charge in [0.05, 0.1) is 29.0 Å². The van der Waals surface area contributed by atoms with Crippen LogP contribution >= 0.6 is 0 Å². The Hall–Kier alpha value is -3.59. The number of nitrogens with two attached hydrogens (primary N) is 1. The molecule has 2 aliphatic heterocycles. The lowest BCUT2D eigenvalue weighted by Crippen LogP contribution is -2.44. The highest BCUT2D eigenvalue weighted by molar-refractivity contribution is 5.94. The number of ether oxygens (including phenoxy) is 1. The van der Waals surface area contributed by atoms with E-state index in [0.29, 0.717) is 35.3 Å². The zero-order valence-corrected chi connectivity index (χ0v) is 19.4. The quantitative estimate of drug-likeness (QED) is 0.437. The lowest BCUT2D eigenvalue weighted by molar-refractivity contribution is -0.172. The number of primary amides is 1. The maximum atomic E-state index is 14.8.